The number of nitrogens with one attached hydrogen (secondary N) is 1. The summed E-state index contributed by atoms with van der Waals surface area (Å²) >= 11 is 0. The molecule has 108 valence electrons. The molecular weight excluding hydrogens is 271 g/mol. The lowest BCUT2D eigenvalue weighted by atomic mass is 9.94. The molecule has 1 aromatic carbocycles. The van der Waals surface area contributed by atoms with Gasteiger partial charge in [-0.15, -0.1) is 0 Å². The van der Waals surface area contributed by atoms with Crippen molar-refractivity contribution < 1.29 is 24.0 Å². The van der Waals surface area contributed by atoms with Crippen LogP contribution in [0.25, 0.3) is 0 Å². The van der Waals surface area contributed by atoms with Gasteiger partial charge in [0.2, 0.25) is 0 Å². The Kier molecular flexibility index (Phi) is 4.38. The van der Waals surface area contributed by atoms with Gasteiger partial charge in [0.1, 0.15) is 5.82 Å². The molecule has 0 unspecified atom stereocenters. The van der Waals surface area contributed by atoms with Gasteiger partial charge in [0.25, 0.3) is 11.6 Å². The number of carboxylic acids is 1. The number of nitro benzene ring substituents is 1. The second-order valence-electron chi connectivity index (χ2n) is 4.79. The summed E-state index contributed by atoms with van der Waals surface area (Å²) in [5, 5.41) is 21.6. The number of carbonyl (C=O) groups is 2. The summed E-state index contributed by atoms with van der Waals surface area (Å²) in [6.45, 7) is 2.61. The Morgan fingerprint density at radius 1 is 1.45 bits per heavy atom. The summed E-state index contributed by atoms with van der Waals surface area (Å²) in [6, 6.07) is 2.62. The number of hydrogen-bond acceptors (Lipinski definition) is 4. The van der Waals surface area contributed by atoms with E-state index in [4.69, 9.17) is 5.11 Å². The standard InChI is InChI=1S/C12H13FN2O5/c1-12(2,11(17)18)6-14-10(16)8-4-3-7(15(19)20)5-9(8)13/h3-5H,6H2,1-2H3,(H,14,16)(H,17,18). The number of hydrogen-bond donors (Lipinski definition) is 2. The van der Waals surface area contributed by atoms with Crippen LogP contribution in [0.4, 0.5) is 10.1 Å². The highest BCUT2D eigenvalue weighted by Crippen LogP contribution is 2.17. The molecule has 0 atom stereocenters. The monoisotopic (exact) mass is 284 g/mol. The fourth-order valence-corrected chi connectivity index (χ4v) is 1.27. The molecule has 1 rings (SSSR count). The average molecular weight is 284 g/mol. The molecule has 0 radical (unpaired) electrons. The Labute approximate surface area is 113 Å². The maximum Gasteiger partial charge on any atom is 0.310 e. The minimum absolute atomic E-state index is 0.197. The first-order valence-corrected chi connectivity index (χ1v) is 5.60. The SMILES string of the molecule is CC(C)(CNC(=O)c1ccc([N+](=O)[O-])cc1F)C(=O)O. The minimum atomic E-state index is -1.20. The number of amides is 1. The number of nitrogens with zero attached hydrogens (tertiary/aromatic N) is 1. The van der Waals surface area contributed by atoms with Crippen molar-refractivity contribution in [3.8, 4) is 0 Å². The van der Waals surface area contributed by atoms with Crippen molar-refractivity contribution in [3.05, 3.63) is 39.7 Å². The maximum atomic E-state index is 13.6. The fraction of sp³-hybridized carbons (Fsp3) is 0.333. The topological polar surface area (TPSA) is 110 Å². The van der Waals surface area contributed by atoms with E-state index in [9.17, 15) is 24.1 Å². The van der Waals surface area contributed by atoms with Gasteiger partial charge in [-0.3, -0.25) is 19.7 Å². The molecule has 0 aliphatic carbocycles. The van der Waals surface area contributed by atoms with E-state index in [2.05, 4.69) is 5.32 Å². The van der Waals surface area contributed by atoms with E-state index in [0.29, 0.717) is 6.07 Å². The zero-order valence-electron chi connectivity index (χ0n) is 10.8. The molecule has 7 nitrogen and oxygen atoms in total. The normalized spacial score (nSPS) is 10.9. The first-order chi connectivity index (χ1) is 9.15. The van der Waals surface area contributed by atoms with Crippen molar-refractivity contribution in [1.29, 1.82) is 0 Å². The van der Waals surface area contributed by atoms with Gasteiger partial charge in [-0.2, -0.15) is 0 Å². The molecule has 2 N–H and O–H groups in total. The second-order valence-corrected chi connectivity index (χ2v) is 4.79. The highest BCUT2D eigenvalue weighted by Gasteiger charge is 2.28. The fourth-order valence-electron chi connectivity index (χ4n) is 1.27. The number of aliphatic carboxylic acids is 1. The number of non-ortho nitro benzene ring substituents is 1. The Hall–Kier alpha value is -2.51. The summed E-state index contributed by atoms with van der Waals surface area (Å²) < 4.78 is 13.6. The van der Waals surface area contributed by atoms with Crippen molar-refractivity contribution in [2.24, 2.45) is 5.41 Å². The molecule has 0 fully saturated rings. The maximum absolute atomic E-state index is 13.6. The van der Waals surface area contributed by atoms with Gasteiger partial charge < -0.3 is 10.4 Å². The number of rotatable bonds is 5. The van der Waals surface area contributed by atoms with E-state index >= 15 is 0 Å². The van der Waals surface area contributed by atoms with Crippen LogP contribution in [-0.4, -0.2) is 28.5 Å². The summed E-state index contributed by atoms with van der Waals surface area (Å²) in [5.74, 6) is -2.97. The molecule has 0 heterocycles. The number of benzene rings is 1. The summed E-state index contributed by atoms with van der Waals surface area (Å²) in [6.07, 6.45) is 0. The largest absolute Gasteiger partial charge is 0.481 e. The van der Waals surface area contributed by atoms with E-state index in [-0.39, 0.29) is 12.1 Å². The van der Waals surface area contributed by atoms with Crippen molar-refractivity contribution in [3.63, 3.8) is 0 Å². The molecule has 0 bridgehead atoms. The van der Waals surface area contributed by atoms with Gasteiger partial charge in [0, 0.05) is 12.6 Å². The lowest BCUT2D eigenvalue weighted by Gasteiger charge is -2.19. The first kappa shape index (κ1) is 15.5. The second kappa shape index (κ2) is 5.64. The molecule has 20 heavy (non-hydrogen) atoms. The van der Waals surface area contributed by atoms with Gasteiger partial charge in [0.05, 0.1) is 22.0 Å². The number of carboxylic acid groups (broad SMARTS) is 1. The van der Waals surface area contributed by atoms with E-state index in [1.165, 1.54) is 13.8 Å². The van der Waals surface area contributed by atoms with Crippen LogP contribution in [0.1, 0.15) is 24.2 Å². The van der Waals surface area contributed by atoms with Crippen molar-refractivity contribution in [2.45, 2.75) is 13.8 Å². The van der Waals surface area contributed by atoms with Gasteiger partial charge in [0.15, 0.2) is 0 Å². The molecule has 1 aromatic rings. The van der Waals surface area contributed by atoms with Crippen LogP contribution in [0, 0.1) is 21.3 Å². The van der Waals surface area contributed by atoms with Crippen LogP contribution in [0.5, 0.6) is 0 Å². The van der Waals surface area contributed by atoms with Crippen LogP contribution in [0.15, 0.2) is 18.2 Å². The molecule has 0 aromatic heterocycles. The summed E-state index contributed by atoms with van der Waals surface area (Å²) in [5.41, 5.74) is -2.05. The molecule has 8 heteroatoms. The average Bonchev–Trinajstić information content (AvgIpc) is 2.35. The van der Waals surface area contributed by atoms with E-state index in [0.717, 1.165) is 12.1 Å². The highest BCUT2D eigenvalue weighted by atomic mass is 19.1. The smallest absolute Gasteiger partial charge is 0.310 e. The van der Waals surface area contributed by atoms with Crippen LogP contribution in [0.2, 0.25) is 0 Å². The van der Waals surface area contributed by atoms with E-state index in [1.807, 2.05) is 0 Å². The van der Waals surface area contributed by atoms with Crippen LogP contribution in [0.3, 0.4) is 0 Å². The Bertz CT molecular complexity index is 571. The van der Waals surface area contributed by atoms with Crippen molar-refractivity contribution in [2.75, 3.05) is 6.54 Å². The Morgan fingerprint density at radius 3 is 2.50 bits per heavy atom. The molecular formula is C12H13FN2O5. The molecule has 0 aliphatic heterocycles. The van der Waals surface area contributed by atoms with Crippen LogP contribution in [-0.2, 0) is 4.79 Å². The zero-order chi connectivity index (χ0) is 15.5. The molecule has 0 spiro atoms. The third-order valence-corrected chi connectivity index (χ3v) is 2.68. The minimum Gasteiger partial charge on any atom is -0.481 e. The third-order valence-electron chi connectivity index (χ3n) is 2.68. The highest BCUT2D eigenvalue weighted by molar-refractivity contribution is 5.95. The lowest BCUT2D eigenvalue weighted by Crippen LogP contribution is -2.39. The number of halogens is 1. The Morgan fingerprint density at radius 2 is 2.05 bits per heavy atom. The quantitative estimate of drug-likeness (QED) is 0.630. The van der Waals surface area contributed by atoms with Gasteiger partial charge in [-0.25, -0.2) is 4.39 Å². The zero-order valence-corrected chi connectivity index (χ0v) is 10.8. The lowest BCUT2D eigenvalue weighted by molar-refractivity contribution is -0.385. The third kappa shape index (κ3) is 3.50. The van der Waals surface area contributed by atoms with Gasteiger partial charge in [-0.05, 0) is 19.9 Å². The first-order valence-electron chi connectivity index (χ1n) is 5.60. The molecule has 1 amide bonds. The molecule has 0 saturated carbocycles. The predicted molar refractivity (Wildman–Crippen MR) is 66.8 cm³/mol. The number of nitro groups is 1. The molecule has 0 saturated heterocycles. The van der Waals surface area contributed by atoms with Crippen molar-refractivity contribution in [1.82, 2.24) is 5.32 Å². The van der Waals surface area contributed by atoms with Crippen LogP contribution < -0.4 is 5.32 Å². The summed E-state index contributed by atoms with van der Waals surface area (Å²) in [4.78, 5) is 32.2. The van der Waals surface area contributed by atoms with Crippen molar-refractivity contribution >= 4 is 17.6 Å². The van der Waals surface area contributed by atoms with Gasteiger partial charge >= 0.3 is 5.97 Å². The number of carbonyl (C=O) groups excluding carboxylic acids is 1. The van der Waals surface area contributed by atoms with E-state index < -0.39 is 33.7 Å². The van der Waals surface area contributed by atoms with Gasteiger partial charge in [-0.1, -0.05) is 0 Å². The Balaban J connectivity index is 2.84. The van der Waals surface area contributed by atoms with Crippen LogP contribution >= 0.6 is 0 Å². The molecule has 0 aliphatic rings. The predicted octanol–water partition coefficient (Wildman–Crippen LogP) is 1.57. The van der Waals surface area contributed by atoms with E-state index in [1.54, 1.807) is 0 Å². The summed E-state index contributed by atoms with van der Waals surface area (Å²) in [7, 11) is 0.